The van der Waals surface area contributed by atoms with Crippen LogP contribution < -0.4 is 0 Å². The van der Waals surface area contributed by atoms with E-state index in [9.17, 15) is 9.90 Å². The zero-order valence-electron chi connectivity index (χ0n) is 16.1. The van der Waals surface area contributed by atoms with Crippen LogP contribution in [0.25, 0.3) is 0 Å². The van der Waals surface area contributed by atoms with E-state index in [1.54, 1.807) is 0 Å². The van der Waals surface area contributed by atoms with Crippen molar-refractivity contribution >= 4 is 5.97 Å². The van der Waals surface area contributed by atoms with Crippen LogP contribution in [0.5, 0.6) is 0 Å². The lowest BCUT2D eigenvalue weighted by Crippen LogP contribution is -2.48. The predicted octanol–water partition coefficient (Wildman–Crippen LogP) is 4.91. The fraction of sp³-hybridized carbons (Fsp3) is 0.952. The number of hydrogen-bond donors (Lipinski definition) is 1. The third kappa shape index (κ3) is 7.65. The molecule has 2 bridgehead atoms. The van der Waals surface area contributed by atoms with Crippen molar-refractivity contribution in [2.45, 2.75) is 128 Å². The van der Waals surface area contributed by atoms with Gasteiger partial charge in [0, 0.05) is 6.42 Å². The molecule has 146 valence electrons. The Morgan fingerprint density at radius 2 is 1.52 bits per heavy atom. The molecule has 0 spiro atoms. The van der Waals surface area contributed by atoms with Crippen molar-refractivity contribution in [3.05, 3.63) is 0 Å². The van der Waals surface area contributed by atoms with Crippen molar-refractivity contribution < 1.29 is 19.4 Å². The molecule has 3 atom stereocenters. The molecule has 0 radical (unpaired) electrons. The summed E-state index contributed by atoms with van der Waals surface area (Å²) < 4.78 is 11.0. The summed E-state index contributed by atoms with van der Waals surface area (Å²) in [5, 5.41) is 10.0. The monoisotopic (exact) mass is 354 g/mol. The van der Waals surface area contributed by atoms with Gasteiger partial charge >= 0.3 is 5.97 Å². The van der Waals surface area contributed by atoms with Crippen LogP contribution in [-0.2, 0) is 14.3 Å². The van der Waals surface area contributed by atoms with Gasteiger partial charge in [0.1, 0.15) is 0 Å². The number of unbranched alkanes of at least 4 members (excludes halogenated alkanes) is 8. The summed E-state index contributed by atoms with van der Waals surface area (Å²) in [5.74, 6) is -0.0752. The quantitative estimate of drug-likeness (QED) is 0.335. The molecule has 3 rings (SSSR count). The number of aliphatic hydroxyl groups excluding tert-OH is 1. The Hall–Kier alpha value is -0.610. The van der Waals surface area contributed by atoms with Gasteiger partial charge < -0.3 is 14.6 Å². The first-order valence-corrected chi connectivity index (χ1v) is 10.7. The van der Waals surface area contributed by atoms with Gasteiger partial charge in [-0.1, -0.05) is 64.7 Å². The average molecular weight is 355 g/mol. The first-order chi connectivity index (χ1) is 12.2. The van der Waals surface area contributed by atoms with Gasteiger partial charge in [0.15, 0.2) is 6.10 Å². The van der Waals surface area contributed by atoms with E-state index >= 15 is 0 Å². The molecule has 2 saturated heterocycles. The SMILES string of the molecule is CCCCCCCCCC(O)CCCCCC(=O)OC1C2CCC1O2. The number of carbonyl (C=O) groups is 1. The lowest BCUT2D eigenvalue weighted by atomic mass is 10.0. The van der Waals surface area contributed by atoms with Crippen molar-refractivity contribution in [1.29, 1.82) is 0 Å². The maximum absolute atomic E-state index is 11.8. The smallest absolute Gasteiger partial charge is 0.306 e. The summed E-state index contributed by atoms with van der Waals surface area (Å²) in [5.41, 5.74) is 0. The Labute approximate surface area is 153 Å². The number of fused-ring (bicyclic) bond motifs is 1. The van der Waals surface area contributed by atoms with Gasteiger partial charge in [0.05, 0.1) is 18.3 Å². The molecule has 0 amide bonds. The third-order valence-corrected chi connectivity index (χ3v) is 5.64. The van der Waals surface area contributed by atoms with Crippen LogP contribution in [0.1, 0.15) is 103 Å². The highest BCUT2D eigenvalue weighted by molar-refractivity contribution is 5.69. The van der Waals surface area contributed by atoms with Crippen molar-refractivity contribution in [1.82, 2.24) is 0 Å². The zero-order chi connectivity index (χ0) is 17.9. The van der Waals surface area contributed by atoms with Crippen LogP contribution in [0.3, 0.4) is 0 Å². The maximum atomic E-state index is 11.8. The molecular formula is C21H38O4. The Morgan fingerprint density at radius 3 is 2.12 bits per heavy atom. The van der Waals surface area contributed by atoms with Gasteiger partial charge in [-0.05, 0) is 32.1 Å². The fourth-order valence-corrected chi connectivity index (χ4v) is 3.99. The molecule has 1 aliphatic carbocycles. The van der Waals surface area contributed by atoms with E-state index in [-0.39, 0.29) is 30.4 Å². The lowest BCUT2D eigenvalue weighted by molar-refractivity contribution is -0.206. The van der Waals surface area contributed by atoms with Gasteiger partial charge in [-0.3, -0.25) is 4.79 Å². The predicted molar refractivity (Wildman–Crippen MR) is 99.5 cm³/mol. The number of ether oxygens (including phenoxy) is 2. The van der Waals surface area contributed by atoms with Gasteiger partial charge in [0.25, 0.3) is 0 Å². The summed E-state index contributed by atoms with van der Waals surface area (Å²) >= 11 is 0. The number of esters is 1. The third-order valence-electron chi connectivity index (χ3n) is 5.64. The molecule has 3 aliphatic rings. The largest absolute Gasteiger partial charge is 0.457 e. The summed E-state index contributed by atoms with van der Waals surface area (Å²) in [6.07, 6.45) is 16.5. The van der Waals surface area contributed by atoms with E-state index in [0.29, 0.717) is 6.42 Å². The minimum absolute atomic E-state index is 0.0382. The van der Waals surface area contributed by atoms with E-state index in [1.165, 1.54) is 38.5 Å². The van der Waals surface area contributed by atoms with Crippen LogP contribution in [0.2, 0.25) is 0 Å². The van der Waals surface area contributed by atoms with Gasteiger partial charge in [-0.2, -0.15) is 0 Å². The fourth-order valence-electron chi connectivity index (χ4n) is 3.99. The second kappa shape index (κ2) is 11.9. The summed E-state index contributed by atoms with van der Waals surface area (Å²) in [6, 6.07) is 0. The zero-order valence-corrected chi connectivity index (χ0v) is 16.1. The topological polar surface area (TPSA) is 55.8 Å². The van der Waals surface area contributed by atoms with E-state index in [2.05, 4.69) is 6.92 Å². The highest BCUT2D eigenvalue weighted by atomic mass is 16.6. The molecule has 25 heavy (non-hydrogen) atoms. The van der Waals surface area contributed by atoms with Crippen molar-refractivity contribution in [3.63, 3.8) is 0 Å². The molecular weight excluding hydrogens is 316 g/mol. The maximum Gasteiger partial charge on any atom is 0.306 e. The van der Waals surface area contributed by atoms with Crippen LogP contribution in [0.4, 0.5) is 0 Å². The molecule has 0 aromatic heterocycles. The number of hydrogen-bond acceptors (Lipinski definition) is 4. The average Bonchev–Trinajstić information content (AvgIpc) is 3.23. The van der Waals surface area contributed by atoms with Crippen molar-refractivity contribution in [2.24, 2.45) is 0 Å². The molecule has 2 heterocycles. The second-order valence-corrected chi connectivity index (χ2v) is 7.91. The minimum atomic E-state index is -0.162. The van der Waals surface area contributed by atoms with E-state index < -0.39 is 0 Å². The highest BCUT2D eigenvalue weighted by Gasteiger charge is 2.50. The van der Waals surface area contributed by atoms with E-state index in [1.807, 2.05) is 0 Å². The molecule has 0 aromatic rings. The first-order valence-electron chi connectivity index (χ1n) is 10.7. The molecule has 4 nitrogen and oxygen atoms in total. The number of rotatable bonds is 15. The molecule has 3 unspecified atom stereocenters. The number of carbonyl (C=O) groups excluding carboxylic acids is 1. The second-order valence-electron chi connectivity index (χ2n) is 7.91. The molecule has 1 saturated carbocycles. The van der Waals surface area contributed by atoms with Crippen molar-refractivity contribution in [2.75, 3.05) is 0 Å². The van der Waals surface area contributed by atoms with E-state index in [4.69, 9.17) is 9.47 Å². The summed E-state index contributed by atoms with van der Waals surface area (Å²) in [4.78, 5) is 11.8. The van der Waals surface area contributed by atoms with Crippen LogP contribution in [0.15, 0.2) is 0 Å². The minimum Gasteiger partial charge on any atom is -0.457 e. The summed E-state index contributed by atoms with van der Waals surface area (Å²) in [6.45, 7) is 2.24. The van der Waals surface area contributed by atoms with Crippen LogP contribution in [-0.4, -0.2) is 35.5 Å². The van der Waals surface area contributed by atoms with Crippen LogP contribution >= 0.6 is 0 Å². The van der Waals surface area contributed by atoms with Gasteiger partial charge in [-0.15, -0.1) is 0 Å². The first kappa shape index (κ1) is 20.7. The molecule has 1 N–H and O–H groups in total. The normalized spacial score (nSPS) is 25.6. The van der Waals surface area contributed by atoms with Gasteiger partial charge in [-0.25, -0.2) is 0 Å². The molecule has 4 heteroatoms. The Balaban J connectivity index is 1.34. The van der Waals surface area contributed by atoms with Gasteiger partial charge in [0.2, 0.25) is 0 Å². The Kier molecular flexibility index (Phi) is 9.85. The number of aliphatic hydroxyl groups is 1. The van der Waals surface area contributed by atoms with Crippen molar-refractivity contribution in [3.8, 4) is 0 Å². The van der Waals surface area contributed by atoms with Crippen LogP contribution in [0, 0.1) is 0 Å². The molecule has 2 aliphatic heterocycles. The van der Waals surface area contributed by atoms with E-state index in [0.717, 1.165) is 51.4 Å². The summed E-state index contributed by atoms with van der Waals surface area (Å²) in [7, 11) is 0. The Bertz CT molecular complexity index is 357. The Morgan fingerprint density at radius 1 is 0.960 bits per heavy atom. The highest BCUT2D eigenvalue weighted by Crippen LogP contribution is 2.39. The standard InChI is InChI=1S/C21H38O4/c1-2-3-4-5-6-7-9-12-17(22)13-10-8-11-14-20(23)25-21-18-15-16-19(21)24-18/h17-19,21-22H,2-16H2,1H3. The lowest BCUT2D eigenvalue weighted by Gasteiger charge is -2.35. The molecule has 0 aromatic carbocycles. The molecule has 3 fully saturated rings.